The van der Waals surface area contributed by atoms with E-state index in [4.69, 9.17) is 0 Å². The second kappa shape index (κ2) is 3.76. The maximum absolute atomic E-state index is 11.2. The molecule has 17 heavy (non-hydrogen) atoms. The topological polar surface area (TPSA) is 57.8 Å². The van der Waals surface area contributed by atoms with Crippen LogP contribution < -0.4 is 4.90 Å². The van der Waals surface area contributed by atoms with Crippen molar-refractivity contribution in [2.75, 3.05) is 19.0 Å². The quantitative estimate of drug-likeness (QED) is 0.858. The maximum Gasteiger partial charge on any atom is 0.354 e. The van der Waals surface area contributed by atoms with Crippen LogP contribution in [0.1, 0.15) is 21.7 Å². The number of carbonyl (C=O) groups is 1. The number of carboxylic acids is 1. The van der Waals surface area contributed by atoms with E-state index in [0.29, 0.717) is 11.3 Å². The number of aryl methyl sites for hydroxylation is 2. The van der Waals surface area contributed by atoms with E-state index in [1.807, 2.05) is 38.2 Å². The van der Waals surface area contributed by atoms with Crippen LogP contribution in [0.4, 0.5) is 5.69 Å². The summed E-state index contributed by atoms with van der Waals surface area (Å²) in [5.41, 5.74) is 3.49. The summed E-state index contributed by atoms with van der Waals surface area (Å²) in [5.74, 6) is -0.955. The summed E-state index contributed by atoms with van der Waals surface area (Å²) in [5, 5.41) is 9.18. The van der Waals surface area contributed by atoms with E-state index in [1.54, 1.807) is 11.3 Å². The van der Waals surface area contributed by atoms with Gasteiger partial charge in [0.2, 0.25) is 0 Å². The summed E-state index contributed by atoms with van der Waals surface area (Å²) in [7, 11) is 3.86. The van der Waals surface area contributed by atoms with Crippen molar-refractivity contribution < 1.29 is 9.90 Å². The smallest absolute Gasteiger partial charge is 0.354 e. The van der Waals surface area contributed by atoms with Gasteiger partial charge in [-0.25, -0.2) is 9.78 Å². The Bertz CT molecular complexity index is 599. The van der Waals surface area contributed by atoms with E-state index < -0.39 is 5.97 Å². The van der Waals surface area contributed by atoms with Crippen molar-refractivity contribution in [3.05, 3.63) is 29.2 Å². The van der Waals surface area contributed by atoms with E-state index in [0.717, 1.165) is 11.3 Å². The van der Waals surface area contributed by atoms with Gasteiger partial charge in [-0.15, -0.1) is 0 Å². The van der Waals surface area contributed by atoms with Gasteiger partial charge < -0.3 is 10.0 Å². The largest absolute Gasteiger partial charge is 0.477 e. The Balaban J connectivity index is 2.81. The lowest BCUT2D eigenvalue weighted by Gasteiger charge is -2.16. The molecule has 0 unspecified atom stereocenters. The van der Waals surface area contributed by atoms with Crippen LogP contribution in [-0.2, 0) is 0 Å². The van der Waals surface area contributed by atoms with Gasteiger partial charge in [-0.1, -0.05) is 0 Å². The number of fused-ring (bicyclic) bond motifs is 1. The summed E-state index contributed by atoms with van der Waals surface area (Å²) in [6, 6.07) is 1.90. The zero-order chi connectivity index (χ0) is 12.7. The first kappa shape index (κ1) is 11.4. The fraction of sp³-hybridized carbons (Fsp3) is 0.333. The van der Waals surface area contributed by atoms with Crippen molar-refractivity contribution in [2.24, 2.45) is 0 Å². The van der Waals surface area contributed by atoms with E-state index in [9.17, 15) is 9.90 Å². The molecule has 0 aliphatic carbocycles. The third kappa shape index (κ3) is 1.73. The molecule has 0 aliphatic rings. The normalized spacial score (nSPS) is 10.8. The van der Waals surface area contributed by atoms with Crippen LogP contribution in [0, 0.1) is 13.8 Å². The third-order valence-electron chi connectivity index (χ3n) is 2.80. The average molecular weight is 233 g/mol. The Morgan fingerprint density at radius 3 is 2.59 bits per heavy atom. The first-order valence-electron chi connectivity index (χ1n) is 5.31. The number of hydrogen-bond acceptors (Lipinski definition) is 3. The molecule has 0 fully saturated rings. The van der Waals surface area contributed by atoms with Crippen LogP contribution in [0.3, 0.4) is 0 Å². The fourth-order valence-electron chi connectivity index (χ4n) is 2.02. The molecule has 2 aromatic rings. The predicted molar refractivity (Wildman–Crippen MR) is 66.0 cm³/mol. The zero-order valence-electron chi connectivity index (χ0n) is 10.4. The minimum Gasteiger partial charge on any atom is -0.477 e. The average Bonchev–Trinajstić information content (AvgIpc) is 2.51. The highest BCUT2D eigenvalue weighted by Crippen LogP contribution is 2.22. The van der Waals surface area contributed by atoms with Gasteiger partial charge in [-0.2, -0.15) is 0 Å². The van der Waals surface area contributed by atoms with Crippen molar-refractivity contribution in [3.8, 4) is 0 Å². The summed E-state index contributed by atoms with van der Waals surface area (Å²) < 4.78 is 1.62. The number of aromatic nitrogens is 2. The predicted octanol–water partition coefficient (Wildman–Crippen LogP) is 1.72. The number of rotatable bonds is 2. The van der Waals surface area contributed by atoms with Gasteiger partial charge in [0.05, 0.1) is 11.4 Å². The number of hydrogen-bond donors (Lipinski definition) is 1. The minimum absolute atomic E-state index is 0.225. The molecule has 0 radical (unpaired) electrons. The highest BCUT2D eigenvalue weighted by atomic mass is 16.4. The number of imidazole rings is 1. The van der Waals surface area contributed by atoms with E-state index in [2.05, 4.69) is 4.98 Å². The highest BCUT2D eigenvalue weighted by Gasteiger charge is 2.16. The molecule has 0 saturated heterocycles. The van der Waals surface area contributed by atoms with Gasteiger partial charge >= 0.3 is 5.97 Å². The van der Waals surface area contributed by atoms with Crippen LogP contribution in [0.2, 0.25) is 0 Å². The van der Waals surface area contributed by atoms with Crippen molar-refractivity contribution >= 4 is 17.3 Å². The third-order valence-corrected chi connectivity index (χ3v) is 2.80. The van der Waals surface area contributed by atoms with Gasteiger partial charge in [0.1, 0.15) is 5.65 Å². The van der Waals surface area contributed by atoms with Gasteiger partial charge in [0.25, 0.3) is 0 Å². The molecule has 2 rings (SSSR count). The van der Waals surface area contributed by atoms with Crippen molar-refractivity contribution in [1.82, 2.24) is 9.38 Å². The molecule has 0 atom stereocenters. The summed E-state index contributed by atoms with van der Waals surface area (Å²) in [6.45, 7) is 3.70. The molecular weight excluding hydrogens is 218 g/mol. The van der Waals surface area contributed by atoms with Gasteiger partial charge in [-0.3, -0.25) is 4.40 Å². The number of anilines is 1. The lowest BCUT2D eigenvalue weighted by Crippen LogP contribution is -2.12. The molecular formula is C12H15N3O2. The molecule has 1 N–H and O–H groups in total. The van der Waals surface area contributed by atoms with Crippen LogP contribution in [0.5, 0.6) is 0 Å². The first-order valence-corrected chi connectivity index (χ1v) is 5.31. The molecule has 0 bridgehead atoms. The van der Waals surface area contributed by atoms with Crippen LogP contribution in [0.25, 0.3) is 5.65 Å². The molecule has 2 heterocycles. The van der Waals surface area contributed by atoms with E-state index in [1.165, 1.54) is 0 Å². The molecule has 5 heteroatoms. The number of carboxylic acid groups (broad SMARTS) is 1. The SMILES string of the molecule is Cc1cc2nc(C)c(C(=O)O)n2cc1N(C)C. The first-order chi connectivity index (χ1) is 7.91. The fourth-order valence-corrected chi connectivity index (χ4v) is 2.02. The monoisotopic (exact) mass is 233 g/mol. The van der Waals surface area contributed by atoms with E-state index >= 15 is 0 Å². The maximum atomic E-state index is 11.2. The van der Waals surface area contributed by atoms with Crippen LogP contribution in [0.15, 0.2) is 12.3 Å². The number of nitrogens with zero attached hydrogens (tertiary/aromatic N) is 3. The Hall–Kier alpha value is -2.04. The molecule has 90 valence electrons. The molecule has 0 aromatic carbocycles. The standard InChI is InChI=1S/C12H15N3O2/c1-7-5-10-13-8(2)11(12(16)17)15(10)6-9(7)14(3)4/h5-6H,1-4H3,(H,16,17). The van der Waals surface area contributed by atoms with Crippen molar-refractivity contribution in [2.45, 2.75) is 13.8 Å². The highest BCUT2D eigenvalue weighted by molar-refractivity contribution is 5.88. The Morgan fingerprint density at radius 1 is 1.41 bits per heavy atom. The van der Waals surface area contributed by atoms with Crippen molar-refractivity contribution in [3.63, 3.8) is 0 Å². The molecule has 0 spiro atoms. The minimum atomic E-state index is -0.955. The Labute approximate surface area is 99.3 Å². The Morgan fingerprint density at radius 2 is 2.06 bits per heavy atom. The van der Waals surface area contributed by atoms with Gasteiger partial charge in [0.15, 0.2) is 5.69 Å². The van der Waals surface area contributed by atoms with Gasteiger partial charge in [-0.05, 0) is 25.5 Å². The van der Waals surface area contributed by atoms with E-state index in [-0.39, 0.29) is 5.69 Å². The lowest BCUT2D eigenvalue weighted by atomic mass is 10.2. The summed E-state index contributed by atoms with van der Waals surface area (Å²) in [6.07, 6.45) is 1.81. The van der Waals surface area contributed by atoms with Crippen LogP contribution >= 0.6 is 0 Å². The second-order valence-corrected chi connectivity index (χ2v) is 4.32. The number of pyridine rings is 1. The molecule has 2 aromatic heterocycles. The second-order valence-electron chi connectivity index (χ2n) is 4.32. The zero-order valence-corrected chi connectivity index (χ0v) is 10.4. The summed E-state index contributed by atoms with van der Waals surface area (Å²) in [4.78, 5) is 17.4. The Kier molecular flexibility index (Phi) is 2.53. The molecule has 5 nitrogen and oxygen atoms in total. The van der Waals surface area contributed by atoms with Crippen molar-refractivity contribution in [1.29, 1.82) is 0 Å². The lowest BCUT2D eigenvalue weighted by molar-refractivity contribution is 0.0688. The van der Waals surface area contributed by atoms with Gasteiger partial charge in [0, 0.05) is 20.3 Å². The summed E-state index contributed by atoms with van der Waals surface area (Å²) >= 11 is 0. The van der Waals surface area contributed by atoms with Crippen LogP contribution in [-0.4, -0.2) is 34.6 Å². The number of aromatic carboxylic acids is 1. The molecule has 0 aliphatic heterocycles. The molecule has 0 saturated carbocycles. The molecule has 0 amide bonds.